The van der Waals surface area contributed by atoms with Gasteiger partial charge in [0.05, 0.1) is 24.4 Å². The third kappa shape index (κ3) is 6.82. The molecule has 1 aromatic heterocycles. The Morgan fingerprint density at radius 1 is 1.22 bits per heavy atom. The number of aromatic nitrogens is 2. The molecule has 0 spiro atoms. The molecule has 1 N–H and O–H groups in total. The standard InChI is InChI=1S/C31H38F2N8O4S/c1-37-16-24(29-34-10-4-11-41(29)37)30(43)35-25-17-40(36-28(25)23-15-22(46-3)5-6-26(23)45-31(32)33)18-27(42)39-12-7-20(8-13-39)38(2)21-9-14-44-19-21/h4-6,10-11,15,17,20-21,31H,7-9,12-14,16,18-19H2,1-3H3,(H,35,43)/t21-/m0/s1. The minimum Gasteiger partial charge on any atom is -0.434 e. The number of anilines is 1. The van der Waals surface area contributed by atoms with Crippen molar-refractivity contribution in [1.29, 1.82) is 0 Å². The molecule has 2 saturated heterocycles. The second-order valence-electron chi connectivity index (χ2n) is 11.7. The Morgan fingerprint density at radius 3 is 2.74 bits per heavy atom. The molecule has 0 saturated carbocycles. The fraction of sp³-hybridized carbons (Fsp3) is 0.484. The zero-order valence-corrected chi connectivity index (χ0v) is 26.9. The lowest BCUT2D eigenvalue weighted by Crippen LogP contribution is -2.49. The SMILES string of the molecule is CSc1ccc(OC(F)F)c(-c2nn(CC(=O)N3CCC(N(C)[C@H]4CCOC4)CC3)cc2NC(=O)C2=C3N=CC=CN3N(C)C2)c1. The number of carbonyl (C=O) groups excluding carboxylic acids is 2. The van der Waals surface area contributed by atoms with Gasteiger partial charge in [-0.3, -0.25) is 24.2 Å². The highest BCUT2D eigenvalue weighted by molar-refractivity contribution is 7.98. The molecule has 15 heteroatoms. The summed E-state index contributed by atoms with van der Waals surface area (Å²) >= 11 is 1.43. The number of allylic oxidation sites excluding steroid dienone is 1. The lowest BCUT2D eigenvalue weighted by Gasteiger charge is -2.39. The number of alkyl halides is 2. The Hall–Kier alpha value is -3.79. The molecule has 246 valence electrons. The number of nitrogens with one attached hydrogen (secondary N) is 1. The Labute approximate surface area is 270 Å². The zero-order valence-electron chi connectivity index (χ0n) is 26.1. The molecule has 0 bridgehead atoms. The highest BCUT2D eigenvalue weighted by atomic mass is 32.2. The second kappa shape index (κ2) is 13.9. The summed E-state index contributed by atoms with van der Waals surface area (Å²) in [7, 11) is 3.97. The maximum Gasteiger partial charge on any atom is 0.387 e. The van der Waals surface area contributed by atoms with E-state index in [9.17, 15) is 18.4 Å². The van der Waals surface area contributed by atoms with Gasteiger partial charge in [0.1, 0.15) is 18.0 Å². The number of aliphatic imine (C=N–C) groups is 1. The minimum atomic E-state index is -3.06. The first-order valence-corrected chi connectivity index (χ1v) is 16.5. The molecule has 1 atom stereocenters. The number of ether oxygens (including phenoxy) is 2. The summed E-state index contributed by atoms with van der Waals surface area (Å²) in [6, 6.07) is 5.62. The number of hydrazine groups is 1. The van der Waals surface area contributed by atoms with Crippen LogP contribution >= 0.6 is 11.8 Å². The van der Waals surface area contributed by atoms with Crippen molar-refractivity contribution in [1.82, 2.24) is 29.6 Å². The summed E-state index contributed by atoms with van der Waals surface area (Å²) in [5.74, 6) is -0.123. The van der Waals surface area contributed by atoms with E-state index in [0.717, 1.165) is 37.4 Å². The Balaban J connectivity index is 1.25. The Morgan fingerprint density at radius 2 is 2.02 bits per heavy atom. The van der Waals surface area contributed by atoms with Crippen molar-refractivity contribution in [3.63, 3.8) is 0 Å². The number of fused-ring (bicyclic) bond motifs is 1. The Kier molecular flexibility index (Phi) is 9.73. The summed E-state index contributed by atoms with van der Waals surface area (Å²) in [5.41, 5.74) is 1.18. The number of benzene rings is 1. The van der Waals surface area contributed by atoms with Crippen molar-refractivity contribution in [2.75, 3.05) is 58.5 Å². The number of thioether (sulfide) groups is 1. The number of amides is 2. The Bertz CT molecular complexity index is 1550. The van der Waals surface area contributed by atoms with Gasteiger partial charge < -0.3 is 19.7 Å². The normalized spacial score (nSPS) is 20.4. The van der Waals surface area contributed by atoms with Gasteiger partial charge in [-0.25, -0.2) is 10.0 Å². The molecule has 6 rings (SSSR count). The first-order valence-electron chi connectivity index (χ1n) is 15.3. The number of nitrogens with zero attached hydrogens (tertiary/aromatic N) is 7. The number of likely N-dealkylation sites (tertiary alicyclic amines) is 1. The summed E-state index contributed by atoms with van der Waals surface area (Å²) in [4.78, 5) is 36.5. The lowest BCUT2D eigenvalue weighted by atomic mass is 10.0. The molecule has 12 nitrogen and oxygen atoms in total. The van der Waals surface area contributed by atoms with E-state index >= 15 is 0 Å². The molecule has 1 aromatic carbocycles. The molecule has 2 amide bonds. The minimum absolute atomic E-state index is 0.0767. The van der Waals surface area contributed by atoms with Crippen LogP contribution < -0.4 is 10.1 Å². The van der Waals surface area contributed by atoms with Gasteiger partial charge in [0, 0.05) is 67.9 Å². The van der Waals surface area contributed by atoms with Crippen LogP contribution in [0.4, 0.5) is 14.5 Å². The van der Waals surface area contributed by atoms with E-state index in [2.05, 4.69) is 27.4 Å². The molecule has 0 aliphatic carbocycles. The second-order valence-corrected chi connectivity index (χ2v) is 12.5. The van der Waals surface area contributed by atoms with Crippen molar-refractivity contribution in [3.05, 3.63) is 48.1 Å². The predicted octanol–water partition coefficient (Wildman–Crippen LogP) is 3.50. The van der Waals surface area contributed by atoms with Crippen LogP contribution in [-0.4, -0.2) is 120 Å². The molecule has 2 aromatic rings. The molecule has 4 aliphatic rings. The van der Waals surface area contributed by atoms with Crippen LogP contribution in [0, 0.1) is 0 Å². The van der Waals surface area contributed by atoms with Crippen molar-refractivity contribution in [2.45, 2.75) is 49.4 Å². The van der Waals surface area contributed by atoms with Gasteiger partial charge in [0.25, 0.3) is 5.91 Å². The van der Waals surface area contributed by atoms with Gasteiger partial charge in [-0.2, -0.15) is 13.9 Å². The van der Waals surface area contributed by atoms with Gasteiger partial charge in [-0.1, -0.05) is 0 Å². The van der Waals surface area contributed by atoms with Crippen LogP contribution in [0.2, 0.25) is 0 Å². The van der Waals surface area contributed by atoms with Gasteiger partial charge in [-0.05, 0) is 56.8 Å². The summed E-state index contributed by atoms with van der Waals surface area (Å²) in [5, 5.41) is 11.2. The van der Waals surface area contributed by atoms with E-state index in [0.29, 0.717) is 43.1 Å². The number of carbonyl (C=O) groups is 2. The number of rotatable bonds is 10. The number of hydrogen-bond donors (Lipinski definition) is 1. The third-order valence-corrected chi connectivity index (χ3v) is 9.59. The molecule has 4 aliphatic heterocycles. The maximum atomic E-state index is 13.6. The van der Waals surface area contributed by atoms with E-state index in [1.807, 2.05) is 29.4 Å². The van der Waals surface area contributed by atoms with Crippen LogP contribution in [0.1, 0.15) is 19.3 Å². The van der Waals surface area contributed by atoms with Crippen molar-refractivity contribution < 1.29 is 27.8 Å². The van der Waals surface area contributed by atoms with Crippen molar-refractivity contribution in [2.24, 2.45) is 4.99 Å². The smallest absolute Gasteiger partial charge is 0.387 e. The first kappa shape index (κ1) is 32.2. The fourth-order valence-electron chi connectivity index (χ4n) is 6.32. The monoisotopic (exact) mass is 656 g/mol. The fourth-order valence-corrected chi connectivity index (χ4v) is 6.76. The summed E-state index contributed by atoms with van der Waals surface area (Å²) in [6.45, 7) is -0.0464. The lowest BCUT2D eigenvalue weighted by molar-refractivity contribution is -0.133. The molecular formula is C31H38F2N8O4S. The molecule has 2 fully saturated rings. The number of likely N-dealkylation sites (N-methyl/N-ethyl adjacent to an activating group) is 2. The van der Waals surface area contributed by atoms with Crippen LogP contribution in [-0.2, 0) is 20.9 Å². The molecule has 0 radical (unpaired) electrons. The molecule has 5 heterocycles. The van der Waals surface area contributed by atoms with Crippen LogP contribution in [0.15, 0.2) is 58.0 Å². The van der Waals surface area contributed by atoms with Crippen LogP contribution in [0.5, 0.6) is 5.75 Å². The van der Waals surface area contributed by atoms with Crippen LogP contribution in [0.25, 0.3) is 11.3 Å². The first-order chi connectivity index (χ1) is 22.2. The van der Waals surface area contributed by atoms with E-state index in [1.54, 1.807) is 35.6 Å². The van der Waals surface area contributed by atoms with E-state index < -0.39 is 12.5 Å². The largest absolute Gasteiger partial charge is 0.434 e. The summed E-state index contributed by atoms with van der Waals surface area (Å²) < 4.78 is 38.7. The van der Waals surface area contributed by atoms with Crippen molar-refractivity contribution >= 4 is 35.5 Å². The van der Waals surface area contributed by atoms with Gasteiger partial charge in [0.2, 0.25) is 5.91 Å². The highest BCUT2D eigenvalue weighted by Gasteiger charge is 2.33. The third-order valence-electron chi connectivity index (χ3n) is 8.87. The molecule has 46 heavy (non-hydrogen) atoms. The van der Waals surface area contributed by atoms with Crippen molar-refractivity contribution in [3.8, 4) is 17.0 Å². The average molecular weight is 657 g/mol. The highest BCUT2D eigenvalue weighted by Crippen LogP contribution is 2.38. The topological polar surface area (TPSA) is 108 Å². The molecule has 0 unspecified atom stereocenters. The van der Waals surface area contributed by atoms with E-state index in [1.165, 1.54) is 22.5 Å². The number of halogens is 2. The average Bonchev–Trinajstić information content (AvgIpc) is 3.81. The van der Waals surface area contributed by atoms with E-state index in [4.69, 9.17) is 9.47 Å². The molecular weight excluding hydrogens is 618 g/mol. The number of piperidine rings is 1. The van der Waals surface area contributed by atoms with E-state index in [-0.39, 0.29) is 35.1 Å². The van der Waals surface area contributed by atoms with Gasteiger partial charge in [-0.15, -0.1) is 11.8 Å². The quantitative estimate of drug-likeness (QED) is 0.385. The summed E-state index contributed by atoms with van der Waals surface area (Å²) in [6.07, 6.45) is 11.4. The zero-order chi connectivity index (χ0) is 32.4. The number of hydrogen-bond acceptors (Lipinski definition) is 10. The van der Waals surface area contributed by atoms with Gasteiger partial charge in [0.15, 0.2) is 5.82 Å². The predicted molar refractivity (Wildman–Crippen MR) is 170 cm³/mol. The van der Waals surface area contributed by atoms with Gasteiger partial charge >= 0.3 is 6.61 Å². The van der Waals surface area contributed by atoms with Crippen LogP contribution in [0.3, 0.4) is 0 Å². The maximum absolute atomic E-state index is 13.6.